The van der Waals surface area contributed by atoms with Crippen LogP contribution in [-0.2, 0) is 20.0 Å². The van der Waals surface area contributed by atoms with Crippen LogP contribution in [0.25, 0.3) is 0 Å². The van der Waals surface area contributed by atoms with E-state index < -0.39 is 25.5 Å². The highest BCUT2D eigenvalue weighted by Gasteiger charge is 2.38. The molecule has 1 aliphatic heterocycles. The zero-order valence-electron chi connectivity index (χ0n) is 18.0. The predicted octanol–water partition coefficient (Wildman–Crippen LogP) is 3.89. The summed E-state index contributed by atoms with van der Waals surface area (Å²) in [6.07, 6.45) is 1.46. The second kappa shape index (κ2) is 7.74. The lowest BCUT2D eigenvalue weighted by molar-refractivity contribution is 0.311. The summed E-state index contributed by atoms with van der Waals surface area (Å²) in [6.45, 7) is 9.50. The first-order chi connectivity index (χ1) is 13.8. The molecule has 0 N–H and O–H groups in total. The molecule has 30 heavy (non-hydrogen) atoms. The summed E-state index contributed by atoms with van der Waals surface area (Å²) in [6, 6.07) is 13.3. The minimum atomic E-state index is -3.81. The zero-order chi connectivity index (χ0) is 22.3. The van der Waals surface area contributed by atoms with E-state index in [1.807, 2.05) is 34.6 Å². The molecule has 1 heterocycles. The first kappa shape index (κ1) is 22.4. The Kier molecular flexibility index (Phi) is 5.77. The molecule has 3 rings (SSSR count). The van der Waals surface area contributed by atoms with Crippen LogP contribution < -0.4 is 0 Å². The van der Waals surface area contributed by atoms with Gasteiger partial charge in [0.1, 0.15) is 0 Å². The molecule has 0 saturated carbocycles. The first-order valence-corrected chi connectivity index (χ1v) is 12.6. The zero-order valence-corrected chi connectivity index (χ0v) is 19.6. The van der Waals surface area contributed by atoms with Gasteiger partial charge in [-0.15, -0.1) is 0 Å². The van der Waals surface area contributed by atoms with Crippen molar-refractivity contribution in [1.82, 2.24) is 8.61 Å². The summed E-state index contributed by atoms with van der Waals surface area (Å²) in [5.41, 5.74) is 1.78. The first-order valence-electron chi connectivity index (χ1n) is 9.74. The molecule has 2 aromatic carbocycles. The van der Waals surface area contributed by atoms with Crippen molar-refractivity contribution in [3.05, 3.63) is 71.6 Å². The highest BCUT2D eigenvalue weighted by atomic mass is 32.2. The average Bonchev–Trinajstić information content (AvgIpc) is 2.67. The van der Waals surface area contributed by atoms with Gasteiger partial charge in [0.25, 0.3) is 20.0 Å². The SMILES string of the molecule is Cc1ccc(S(=O)(=O)N2C=C(C(C)(C)C)N(S(=O)(=O)c3ccc(C)cc3)CC2)cc1. The van der Waals surface area contributed by atoms with E-state index in [2.05, 4.69) is 0 Å². The van der Waals surface area contributed by atoms with E-state index in [0.29, 0.717) is 5.70 Å². The van der Waals surface area contributed by atoms with Gasteiger partial charge in [-0.05, 0) is 38.1 Å². The number of allylic oxidation sites excluding steroid dienone is 1. The molecule has 0 aliphatic carbocycles. The van der Waals surface area contributed by atoms with Gasteiger partial charge in [0.05, 0.1) is 28.6 Å². The van der Waals surface area contributed by atoms with Crippen LogP contribution >= 0.6 is 0 Å². The normalized spacial score (nSPS) is 15.8. The maximum atomic E-state index is 13.3. The van der Waals surface area contributed by atoms with Crippen LogP contribution in [0.5, 0.6) is 0 Å². The number of nitrogens with zero attached hydrogens (tertiary/aromatic N) is 2. The standard InChI is InChI=1S/C22H28N2O4S2/c1-17-6-10-19(11-7-17)29(25,26)23-14-15-24(21(16-23)22(3,4)5)30(27,28)20-12-8-18(2)9-13-20/h6-13,16H,14-15H2,1-5H3. The number of hydrogen-bond donors (Lipinski definition) is 0. The van der Waals surface area contributed by atoms with Crippen LogP contribution in [0.3, 0.4) is 0 Å². The van der Waals surface area contributed by atoms with E-state index in [4.69, 9.17) is 0 Å². The summed E-state index contributed by atoms with van der Waals surface area (Å²) in [4.78, 5) is 0.380. The van der Waals surface area contributed by atoms with E-state index in [-0.39, 0.29) is 22.9 Å². The smallest absolute Gasteiger partial charge is 0.264 e. The lowest BCUT2D eigenvalue weighted by Crippen LogP contribution is -2.46. The maximum absolute atomic E-state index is 13.3. The third kappa shape index (κ3) is 4.25. The molecule has 0 atom stereocenters. The molecule has 0 amide bonds. The Labute approximate surface area is 179 Å². The van der Waals surface area contributed by atoms with Crippen molar-refractivity contribution < 1.29 is 16.8 Å². The molecule has 6 nitrogen and oxygen atoms in total. The van der Waals surface area contributed by atoms with Gasteiger partial charge >= 0.3 is 0 Å². The van der Waals surface area contributed by atoms with Gasteiger partial charge in [-0.3, -0.25) is 8.61 Å². The molecule has 162 valence electrons. The van der Waals surface area contributed by atoms with Gasteiger partial charge in [0.2, 0.25) is 0 Å². The molecule has 2 aromatic rings. The molecule has 0 bridgehead atoms. The summed E-state index contributed by atoms with van der Waals surface area (Å²) >= 11 is 0. The van der Waals surface area contributed by atoms with Crippen LogP contribution in [0.4, 0.5) is 0 Å². The van der Waals surface area contributed by atoms with E-state index in [1.54, 1.807) is 48.5 Å². The van der Waals surface area contributed by atoms with Crippen LogP contribution in [0, 0.1) is 19.3 Å². The van der Waals surface area contributed by atoms with Crippen molar-refractivity contribution in [2.75, 3.05) is 13.1 Å². The van der Waals surface area contributed by atoms with E-state index in [1.165, 1.54) is 14.8 Å². The van der Waals surface area contributed by atoms with Gasteiger partial charge in [-0.25, -0.2) is 16.8 Å². The highest BCUT2D eigenvalue weighted by Crippen LogP contribution is 2.36. The number of benzene rings is 2. The van der Waals surface area contributed by atoms with Gasteiger partial charge in [0.15, 0.2) is 0 Å². The second-order valence-corrected chi connectivity index (χ2v) is 12.3. The minimum absolute atomic E-state index is 0.0425. The van der Waals surface area contributed by atoms with Crippen molar-refractivity contribution in [2.45, 2.75) is 44.4 Å². The van der Waals surface area contributed by atoms with Crippen molar-refractivity contribution in [3.63, 3.8) is 0 Å². The van der Waals surface area contributed by atoms with E-state index >= 15 is 0 Å². The van der Waals surface area contributed by atoms with E-state index in [0.717, 1.165) is 11.1 Å². The third-order valence-corrected chi connectivity index (χ3v) is 8.66. The molecule has 8 heteroatoms. The lowest BCUT2D eigenvalue weighted by Gasteiger charge is -2.40. The summed E-state index contributed by atoms with van der Waals surface area (Å²) in [5, 5.41) is 0. The predicted molar refractivity (Wildman–Crippen MR) is 118 cm³/mol. The molecule has 0 saturated heterocycles. The summed E-state index contributed by atoms with van der Waals surface area (Å²) in [7, 11) is -7.58. The Morgan fingerprint density at radius 1 is 0.700 bits per heavy atom. The molecule has 0 spiro atoms. The van der Waals surface area contributed by atoms with Crippen molar-refractivity contribution in [2.24, 2.45) is 5.41 Å². The van der Waals surface area contributed by atoms with E-state index in [9.17, 15) is 16.8 Å². The van der Waals surface area contributed by atoms with Gasteiger partial charge < -0.3 is 0 Å². The molecule has 0 radical (unpaired) electrons. The second-order valence-electron chi connectivity index (χ2n) is 8.58. The molecule has 0 aromatic heterocycles. The summed E-state index contributed by atoms with van der Waals surface area (Å²) in [5.74, 6) is 0. The largest absolute Gasteiger partial charge is 0.270 e. The number of rotatable bonds is 4. The molecular weight excluding hydrogens is 420 g/mol. The Bertz CT molecular complexity index is 1160. The fraction of sp³-hybridized carbons (Fsp3) is 0.364. The Morgan fingerprint density at radius 3 is 1.57 bits per heavy atom. The quantitative estimate of drug-likeness (QED) is 0.711. The maximum Gasteiger partial charge on any atom is 0.264 e. The number of aryl methyl sites for hydroxylation is 2. The highest BCUT2D eigenvalue weighted by molar-refractivity contribution is 7.89. The van der Waals surface area contributed by atoms with Crippen LogP contribution in [0.1, 0.15) is 31.9 Å². The molecule has 0 fully saturated rings. The monoisotopic (exact) mass is 448 g/mol. The van der Waals surface area contributed by atoms with Crippen molar-refractivity contribution in [1.29, 1.82) is 0 Å². The Balaban J connectivity index is 2.06. The fourth-order valence-corrected chi connectivity index (χ4v) is 6.21. The molecule has 0 unspecified atom stereocenters. The van der Waals surface area contributed by atoms with Crippen LogP contribution in [-0.4, -0.2) is 38.5 Å². The third-order valence-electron chi connectivity index (χ3n) is 5.06. The van der Waals surface area contributed by atoms with Crippen molar-refractivity contribution >= 4 is 20.0 Å². The fourth-order valence-electron chi connectivity index (χ4n) is 3.27. The van der Waals surface area contributed by atoms with Crippen LogP contribution in [0.15, 0.2) is 70.2 Å². The lowest BCUT2D eigenvalue weighted by atomic mass is 9.92. The number of sulfonamides is 2. The minimum Gasteiger partial charge on any atom is -0.270 e. The number of hydrogen-bond acceptors (Lipinski definition) is 4. The van der Waals surface area contributed by atoms with Crippen LogP contribution in [0.2, 0.25) is 0 Å². The van der Waals surface area contributed by atoms with Gasteiger partial charge in [-0.2, -0.15) is 0 Å². The van der Waals surface area contributed by atoms with Gasteiger partial charge in [0, 0.05) is 11.6 Å². The average molecular weight is 449 g/mol. The molecule has 1 aliphatic rings. The van der Waals surface area contributed by atoms with Crippen molar-refractivity contribution in [3.8, 4) is 0 Å². The summed E-state index contributed by atoms with van der Waals surface area (Å²) < 4.78 is 55.6. The Hall–Kier alpha value is -2.32. The molecular formula is C22H28N2O4S2. The topological polar surface area (TPSA) is 74.8 Å². The van der Waals surface area contributed by atoms with Gasteiger partial charge in [-0.1, -0.05) is 56.2 Å². The Morgan fingerprint density at radius 2 is 1.13 bits per heavy atom.